The van der Waals surface area contributed by atoms with Gasteiger partial charge in [0.2, 0.25) is 0 Å². The van der Waals surface area contributed by atoms with Crippen LogP contribution in [-0.4, -0.2) is 10.2 Å². The molecule has 1 rings (SSSR count). The van der Waals surface area contributed by atoms with Crippen molar-refractivity contribution in [3.63, 3.8) is 0 Å². The first-order valence-electron chi connectivity index (χ1n) is 4.05. The molecule has 0 aromatic heterocycles. The zero-order valence-electron chi connectivity index (χ0n) is 7.63. The Balaban J connectivity index is 3.23. The fourth-order valence-electron chi connectivity index (χ4n) is 1.16. The fraction of sp³-hybridized carbons (Fsp3) is 0.400. The summed E-state index contributed by atoms with van der Waals surface area (Å²) in [6.07, 6.45) is 0. The van der Waals surface area contributed by atoms with Gasteiger partial charge < -0.3 is 10.2 Å². The van der Waals surface area contributed by atoms with Gasteiger partial charge in [0, 0.05) is 5.56 Å². The molecule has 0 bridgehead atoms. The van der Waals surface area contributed by atoms with Crippen LogP contribution in [-0.2, 0) is 0 Å². The topological polar surface area (TPSA) is 40.5 Å². The van der Waals surface area contributed by atoms with Gasteiger partial charge in [-0.25, -0.2) is 0 Å². The quantitative estimate of drug-likeness (QED) is 0.629. The predicted octanol–water partition coefficient (Wildman–Crippen LogP) is 2.53. The number of aromatic hydroxyl groups is 2. The van der Waals surface area contributed by atoms with Gasteiger partial charge >= 0.3 is 0 Å². The fourth-order valence-corrected chi connectivity index (χ4v) is 1.16. The maximum absolute atomic E-state index is 9.48. The monoisotopic (exact) mass is 166 g/mol. The van der Waals surface area contributed by atoms with Crippen molar-refractivity contribution in [2.75, 3.05) is 0 Å². The molecule has 0 amide bonds. The van der Waals surface area contributed by atoms with Gasteiger partial charge in [-0.1, -0.05) is 13.8 Å². The molecule has 0 aliphatic rings. The third-order valence-corrected chi connectivity index (χ3v) is 1.97. The van der Waals surface area contributed by atoms with Gasteiger partial charge in [0.25, 0.3) is 0 Å². The second-order valence-corrected chi connectivity index (χ2v) is 3.35. The summed E-state index contributed by atoms with van der Waals surface area (Å²) < 4.78 is 0. The van der Waals surface area contributed by atoms with E-state index in [1.165, 1.54) is 0 Å². The molecule has 0 saturated carbocycles. The Morgan fingerprint density at radius 3 is 2.17 bits per heavy atom. The molecule has 2 nitrogen and oxygen atoms in total. The second kappa shape index (κ2) is 3.05. The van der Waals surface area contributed by atoms with Gasteiger partial charge in [-0.2, -0.15) is 0 Å². The van der Waals surface area contributed by atoms with Crippen molar-refractivity contribution in [3.05, 3.63) is 23.3 Å². The number of phenolic OH excluding ortho intramolecular Hbond substituents is 2. The Bertz CT molecular complexity index is 290. The molecule has 0 spiro atoms. The summed E-state index contributed by atoms with van der Waals surface area (Å²) in [6, 6.07) is 3.21. The second-order valence-electron chi connectivity index (χ2n) is 3.35. The zero-order valence-corrected chi connectivity index (χ0v) is 7.63. The summed E-state index contributed by atoms with van der Waals surface area (Å²) in [4.78, 5) is 0. The molecule has 12 heavy (non-hydrogen) atoms. The van der Waals surface area contributed by atoms with E-state index in [1.807, 2.05) is 13.8 Å². The number of phenols is 2. The molecule has 0 radical (unpaired) electrons. The summed E-state index contributed by atoms with van der Waals surface area (Å²) in [7, 11) is 0. The summed E-state index contributed by atoms with van der Waals surface area (Å²) in [5.74, 6) is 0.744. The van der Waals surface area contributed by atoms with E-state index in [0.29, 0.717) is 5.56 Å². The molecule has 1 aromatic rings. The van der Waals surface area contributed by atoms with E-state index in [-0.39, 0.29) is 17.4 Å². The minimum atomic E-state index is 0.233. The van der Waals surface area contributed by atoms with Crippen LogP contribution >= 0.6 is 0 Å². The van der Waals surface area contributed by atoms with E-state index in [4.69, 9.17) is 0 Å². The zero-order chi connectivity index (χ0) is 9.30. The van der Waals surface area contributed by atoms with Crippen LogP contribution in [0.15, 0.2) is 12.1 Å². The Morgan fingerprint density at radius 1 is 1.08 bits per heavy atom. The van der Waals surface area contributed by atoms with E-state index in [9.17, 15) is 10.2 Å². The molecule has 66 valence electrons. The van der Waals surface area contributed by atoms with E-state index in [1.54, 1.807) is 19.1 Å². The number of hydrogen-bond donors (Lipinski definition) is 2. The molecule has 1 aromatic carbocycles. The lowest BCUT2D eigenvalue weighted by molar-refractivity contribution is 0.448. The van der Waals surface area contributed by atoms with Crippen molar-refractivity contribution in [1.82, 2.24) is 0 Å². The number of hydrogen-bond acceptors (Lipinski definition) is 2. The van der Waals surface area contributed by atoms with Crippen molar-refractivity contribution >= 4 is 0 Å². The number of benzene rings is 1. The van der Waals surface area contributed by atoms with Gasteiger partial charge in [0.15, 0.2) is 0 Å². The van der Waals surface area contributed by atoms with E-state index in [0.717, 1.165) is 5.56 Å². The Morgan fingerprint density at radius 2 is 1.67 bits per heavy atom. The standard InChI is InChI=1S/C10H14O2/c1-6(2)8-5-9(11)7(3)4-10(8)12/h4-6,11-12H,1-3H3. The average molecular weight is 166 g/mol. The maximum atomic E-state index is 9.48. The first kappa shape index (κ1) is 8.91. The molecule has 2 heteroatoms. The van der Waals surface area contributed by atoms with Gasteiger partial charge in [-0.15, -0.1) is 0 Å². The van der Waals surface area contributed by atoms with Crippen molar-refractivity contribution < 1.29 is 10.2 Å². The van der Waals surface area contributed by atoms with E-state index in [2.05, 4.69) is 0 Å². The van der Waals surface area contributed by atoms with E-state index < -0.39 is 0 Å². The van der Waals surface area contributed by atoms with Crippen molar-refractivity contribution in [3.8, 4) is 11.5 Å². The van der Waals surface area contributed by atoms with Gasteiger partial charge in [0.1, 0.15) is 11.5 Å². The van der Waals surface area contributed by atoms with Crippen LogP contribution < -0.4 is 0 Å². The van der Waals surface area contributed by atoms with Crippen molar-refractivity contribution in [2.45, 2.75) is 26.7 Å². The molecule has 0 aliphatic carbocycles. The van der Waals surface area contributed by atoms with Crippen LogP contribution in [0.3, 0.4) is 0 Å². The highest BCUT2D eigenvalue weighted by molar-refractivity contribution is 5.45. The molecule has 0 heterocycles. The largest absolute Gasteiger partial charge is 0.508 e. The summed E-state index contributed by atoms with van der Waals surface area (Å²) in [5.41, 5.74) is 1.50. The van der Waals surface area contributed by atoms with Crippen LogP contribution in [0.2, 0.25) is 0 Å². The predicted molar refractivity (Wildman–Crippen MR) is 48.6 cm³/mol. The molecular weight excluding hydrogens is 152 g/mol. The molecule has 0 atom stereocenters. The van der Waals surface area contributed by atoms with Crippen molar-refractivity contribution in [1.29, 1.82) is 0 Å². The molecular formula is C10H14O2. The Labute approximate surface area is 72.5 Å². The lowest BCUT2D eigenvalue weighted by Crippen LogP contribution is -1.89. The minimum Gasteiger partial charge on any atom is -0.508 e. The van der Waals surface area contributed by atoms with Crippen LogP contribution in [0.5, 0.6) is 11.5 Å². The average Bonchev–Trinajstić information content (AvgIpc) is 1.96. The summed E-state index contributed by atoms with van der Waals surface area (Å²) in [5, 5.41) is 18.8. The van der Waals surface area contributed by atoms with Crippen molar-refractivity contribution in [2.24, 2.45) is 0 Å². The Kier molecular flexibility index (Phi) is 2.27. The van der Waals surface area contributed by atoms with E-state index >= 15 is 0 Å². The SMILES string of the molecule is Cc1cc(O)c(C(C)C)cc1O. The first-order chi connectivity index (χ1) is 5.52. The minimum absolute atomic E-state index is 0.233. The molecule has 0 aliphatic heterocycles. The normalized spacial score (nSPS) is 10.7. The third kappa shape index (κ3) is 1.52. The molecule has 0 unspecified atom stereocenters. The highest BCUT2D eigenvalue weighted by Gasteiger charge is 2.08. The lowest BCUT2D eigenvalue weighted by Gasteiger charge is -2.09. The third-order valence-electron chi connectivity index (χ3n) is 1.97. The van der Waals surface area contributed by atoms with Gasteiger partial charge in [-0.3, -0.25) is 0 Å². The van der Waals surface area contributed by atoms with Crippen LogP contribution in [0.25, 0.3) is 0 Å². The molecule has 0 saturated heterocycles. The number of rotatable bonds is 1. The van der Waals surface area contributed by atoms with Crippen LogP contribution in [0, 0.1) is 6.92 Å². The lowest BCUT2D eigenvalue weighted by atomic mass is 10.00. The molecule has 2 N–H and O–H groups in total. The summed E-state index contributed by atoms with van der Waals surface area (Å²) in [6.45, 7) is 5.72. The maximum Gasteiger partial charge on any atom is 0.119 e. The number of aryl methyl sites for hydroxylation is 1. The molecule has 0 fully saturated rings. The summed E-state index contributed by atoms with van der Waals surface area (Å²) >= 11 is 0. The first-order valence-corrected chi connectivity index (χ1v) is 4.05. The smallest absolute Gasteiger partial charge is 0.119 e. The van der Waals surface area contributed by atoms with Crippen LogP contribution in [0.4, 0.5) is 0 Å². The Hall–Kier alpha value is -1.18. The van der Waals surface area contributed by atoms with Gasteiger partial charge in [-0.05, 0) is 30.5 Å². The highest BCUT2D eigenvalue weighted by Crippen LogP contribution is 2.31. The van der Waals surface area contributed by atoms with Crippen LogP contribution in [0.1, 0.15) is 30.9 Å². The van der Waals surface area contributed by atoms with Gasteiger partial charge in [0.05, 0.1) is 0 Å². The highest BCUT2D eigenvalue weighted by atomic mass is 16.3.